The van der Waals surface area contributed by atoms with Crippen LogP contribution in [-0.4, -0.2) is 10.5 Å². The summed E-state index contributed by atoms with van der Waals surface area (Å²) < 4.78 is 7.47. The minimum absolute atomic E-state index is 0.412. The third-order valence-corrected chi connectivity index (χ3v) is 5.80. The maximum Gasteiger partial charge on any atom is 0.249 e. The molecule has 0 aliphatic carbocycles. The highest BCUT2D eigenvalue weighted by atomic mass is 32.1. The molecule has 5 aromatic rings. The number of carbonyl (C=O) groups excluding carboxylic acids is 1. The monoisotopic (exact) mass is 372 g/mol. The molecular weight excluding hydrogens is 356 g/mol. The summed E-state index contributed by atoms with van der Waals surface area (Å²) in [7, 11) is 0. The van der Waals surface area contributed by atoms with Gasteiger partial charge >= 0.3 is 0 Å². The first kappa shape index (κ1) is 15.9. The second-order valence-corrected chi connectivity index (χ2v) is 7.44. The fourth-order valence-electron chi connectivity index (χ4n) is 3.68. The second kappa shape index (κ2) is 6.14. The van der Waals surface area contributed by atoms with Gasteiger partial charge in [0.15, 0.2) is 0 Å². The van der Waals surface area contributed by atoms with Crippen LogP contribution >= 0.6 is 11.3 Å². The van der Waals surface area contributed by atoms with E-state index in [1.54, 1.807) is 29.9 Å². The Hall–Kier alpha value is -3.31. The highest BCUT2D eigenvalue weighted by Gasteiger charge is 2.17. The first-order valence-corrected chi connectivity index (χ1v) is 9.50. The smallest absolute Gasteiger partial charge is 0.249 e. The van der Waals surface area contributed by atoms with E-state index in [0.29, 0.717) is 12.1 Å². The van der Waals surface area contributed by atoms with E-state index in [-0.39, 0.29) is 0 Å². The number of primary amides is 1. The highest BCUT2D eigenvalue weighted by molar-refractivity contribution is 7.13. The number of hydrogen-bond donors (Lipinski definition) is 1. The summed E-state index contributed by atoms with van der Waals surface area (Å²) in [4.78, 5) is 13.3. The average molecular weight is 372 g/mol. The Kier molecular flexibility index (Phi) is 3.62. The molecule has 3 aromatic heterocycles. The zero-order valence-corrected chi connectivity index (χ0v) is 15.2. The number of fused-ring (bicyclic) bond motifs is 3. The number of benzene rings is 2. The van der Waals surface area contributed by atoms with E-state index >= 15 is 0 Å². The fourth-order valence-corrected chi connectivity index (χ4v) is 4.41. The first-order chi connectivity index (χ1) is 13.2. The van der Waals surface area contributed by atoms with Crippen molar-refractivity contribution in [3.05, 3.63) is 83.6 Å². The van der Waals surface area contributed by atoms with Gasteiger partial charge < -0.3 is 14.7 Å². The molecule has 0 bridgehead atoms. The number of aromatic nitrogens is 1. The minimum Gasteiger partial charge on any atom is -0.472 e. The Morgan fingerprint density at radius 1 is 1.07 bits per heavy atom. The zero-order valence-electron chi connectivity index (χ0n) is 14.4. The van der Waals surface area contributed by atoms with E-state index in [9.17, 15) is 4.79 Å². The molecule has 5 heteroatoms. The van der Waals surface area contributed by atoms with Crippen molar-refractivity contribution in [1.82, 2.24) is 4.57 Å². The molecule has 2 N–H and O–H groups in total. The zero-order chi connectivity index (χ0) is 18.4. The van der Waals surface area contributed by atoms with Crippen molar-refractivity contribution in [3.63, 3.8) is 0 Å². The molecule has 0 saturated carbocycles. The van der Waals surface area contributed by atoms with Gasteiger partial charge in [-0.25, -0.2) is 0 Å². The van der Waals surface area contributed by atoms with Crippen LogP contribution in [0.3, 0.4) is 0 Å². The Labute approximate surface area is 159 Å². The van der Waals surface area contributed by atoms with Gasteiger partial charge in [-0.15, -0.1) is 11.3 Å². The standard InChI is InChI=1S/C22H16N2O2S/c23-22(25)17-3-1-4-18-21(17)16-7-6-15(20-5-2-10-27-20)11-19(16)24(18)12-14-8-9-26-13-14/h1-11,13H,12H2,(H2,23,25). The number of nitrogens with zero attached hydrogens (tertiary/aromatic N) is 1. The van der Waals surface area contributed by atoms with Crippen molar-refractivity contribution in [2.75, 3.05) is 0 Å². The lowest BCUT2D eigenvalue weighted by molar-refractivity contribution is 0.100. The minimum atomic E-state index is -0.412. The van der Waals surface area contributed by atoms with Crippen molar-refractivity contribution >= 4 is 39.0 Å². The molecule has 0 saturated heterocycles. The van der Waals surface area contributed by atoms with E-state index in [1.165, 1.54) is 4.88 Å². The largest absolute Gasteiger partial charge is 0.472 e. The van der Waals surface area contributed by atoms with Crippen molar-refractivity contribution < 1.29 is 9.21 Å². The summed E-state index contributed by atoms with van der Waals surface area (Å²) in [5.41, 5.74) is 10.5. The van der Waals surface area contributed by atoms with E-state index < -0.39 is 5.91 Å². The van der Waals surface area contributed by atoms with Crippen LogP contribution in [0.2, 0.25) is 0 Å². The van der Waals surface area contributed by atoms with Crippen molar-refractivity contribution in [2.45, 2.75) is 6.54 Å². The molecular formula is C22H16N2O2S. The first-order valence-electron chi connectivity index (χ1n) is 8.62. The maximum atomic E-state index is 12.0. The van der Waals surface area contributed by atoms with Crippen LogP contribution in [0.15, 0.2) is 76.9 Å². The van der Waals surface area contributed by atoms with Crippen LogP contribution in [0, 0.1) is 0 Å². The lowest BCUT2D eigenvalue weighted by Gasteiger charge is -2.07. The fraction of sp³-hybridized carbons (Fsp3) is 0.0455. The van der Waals surface area contributed by atoms with Gasteiger partial charge in [-0.05, 0) is 41.3 Å². The van der Waals surface area contributed by atoms with Gasteiger partial charge in [0.25, 0.3) is 0 Å². The topological polar surface area (TPSA) is 61.2 Å². The molecule has 3 heterocycles. The second-order valence-electron chi connectivity index (χ2n) is 6.49. The number of thiophene rings is 1. The number of amides is 1. The highest BCUT2D eigenvalue weighted by Crippen LogP contribution is 2.35. The van der Waals surface area contributed by atoms with Gasteiger partial charge in [0.2, 0.25) is 5.91 Å². The van der Waals surface area contributed by atoms with E-state index in [2.05, 4.69) is 40.3 Å². The SMILES string of the molecule is NC(=O)c1cccc2c1c1ccc(-c3cccs3)cc1n2Cc1ccoc1. The molecule has 2 aromatic carbocycles. The quantitative estimate of drug-likeness (QED) is 0.467. The van der Waals surface area contributed by atoms with Gasteiger partial charge in [0.05, 0.1) is 30.1 Å². The Balaban J connectivity index is 1.85. The summed E-state index contributed by atoms with van der Waals surface area (Å²) in [5, 5.41) is 4.01. The normalized spacial score (nSPS) is 11.4. The van der Waals surface area contributed by atoms with E-state index in [1.807, 2.05) is 18.2 Å². The van der Waals surface area contributed by atoms with Gasteiger partial charge in [-0.3, -0.25) is 4.79 Å². The molecule has 1 amide bonds. The maximum absolute atomic E-state index is 12.0. The summed E-state index contributed by atoms with van der Waals surface area (Å²) in [5.74, 6) is -0.412. The predicted octanol–water partition coefficient (Wildman–Crippen LogP) is 5.26. The molecule has 0 spiro atoms. The third kappa shape index (κ3) is 2.55. The van der Waals surface area contributed by atoms with E-state index in [0.717, 1.165) is 32.9 Å². The molecule has 5 rings (SSSR count). The molecule has 0 radical (unpaired) electrons. The predicted molar refractivity (Wildman–Crippen MR) is 109 cm³/mol. The molecule has 0 atom stereocenters. The van der Waals surface area contributed by atoms with Crippen LogP contribution in [0.4, 0.5) is 0 Å². The number of hydrogen-bond acceptors (Lipinski definition) is 3. The Morgan fingerprint density at radius 3 is 2.74 bits per heavy atom. The van der Waals surface area contributed by atoms with Gasteiger partial charge in [0.1, 0.15) is 0 Å². The van der Waals surface area contributed by atoms with Gasteiger partial charge in [-0.1, -0.05) is 24.3 Å². The Bertz CT molecular complexity index is 1270. The number of carbonyl (C=O) groups is 1. The van der Waals surface area contributed by atoms with Crippen molar-refractivity contribution in [1.29, 1.82) is 0 Å². The van der Waals surface area contributed by atoms with E-state index in [4.69, 9.17) is 10.2 Å². The van der Waals surface area contributed by atoms with Crippen LogP contribution in [-0.2, 0) is 6.54 Å². The molecule has 0 aliphatic rings. The van der Waals surface area contributed by atoms with Crippen LogP contribution in [0.1, 0.15) is 15.9 Å². The molecule has 132 valence electrons. The van der Waals surface area contributed by atoms with Crippen molar-refractivity contribution in [3.8, 4) is 10.4 Å². The van der Waals surface area contributed by atoms with Crippen LogP contribution in [0.5, 0.6) is 0 Å². The number of nitrogens with two attached hydrogens (primary N) is 1. The lowest BCUT2D eigenvalue weighted by atomic mass is 10.0. The lowest BCUT2D eigenvalue weighted by Crippen LogP contribution is -2.11. The molecule has 0 aliphatic heterocycles. The average Bonchev–Trinajstić information content (AvgIpc) is 3.43. The summed E-state index contributed by atoms with van der Waals surface area (Å²) >= 11 is 1.71. The molecule has 4 nitrogen and oxygen atoms in total. The summed E-state index contributed by atoms with van der Waals surface area (Å²) in [6, 6.07) is 18.2. The van der Waals surface area contributed by atoms with Crippen LogP contribution < -0.4 is 5.73 Å². The van der Waals surface area contributed by atoms with Gasteiger partial charge in [-0.2, -0.15) is 0 Å². The van der Waals surface area contributed by atoms with Crippen molar-refractivity contribution in [2.24, 2.45) is 5.73 Å². The summed E-state index contributed by atoms with van der Waals surface area (Å²) in [6.07, 6.45) is 3.42. The number of furan rings is 1. The summed E-state index contributed by atoms with van der Waals surface area (Å²) in [6.45, 7) is 0.659. The Morgan fingerprint density at radius 2 is 2.00 bits per heavy atom. The number of rotatable bonds is 4. The molecule has 27 heavy (non-hydrogen) atoms. The molecule has 0 fully saturated rings. The molecule has 0 unspecified atom stereocenters. The van der Waals surface area contributed by atoms with Gasteiger partial charge in [0, 0.05) is 26.8 Å². The van der Waals surface area contributed by atoms with Crippen LogP contribution in [0.25, 0.3) is 32.2 Å². The third-order valence-electron chi connectivity index (χ3n) is 4.88.